The van der Waals surface area contributed by atoms with Gasteiger partial charge in [-0.25, -0.2) is 0 Å². The summed E-state index contributed by atoms with van der Waals surface area (Å²) >= 11 is 0. The monoisotopic (exact) mass is 272 g/mol. The zero-order valence-electron chi connectivity index (χ0n) is 11.0. The third-order valence-corrected chi connectivity index (χ3v) is 3.88. The van der Waals surface area contributed by atoms with Gasteiger partial charge < -0.3 is 5.32 Å². The highest BCUT2D eigenvalue weighted by molar-refractivity contribution is 5.21. The van der Waals surface area contributed by atoms with Gasteiger partial charge in [0.1, 0.15) is 0 Å². The highest BCUT2D eigenvalue weighted by atomic mass is 19.4. The summed E-state index contributed by atoms with van der Waals surface area (Å²) in [5.74, 6) is -1.21. The first-order valence-electron chi connectivity index (χ1n) is 6.68. The van der Waals surface area contributed by atoms with Gasteiger partial charge in [0.15, 0.2) is 0 Å². The van der Waals surface area contributed by atoms with Crippen LogP contribution in [0.5, 0.6) is 0 Å². The fourth-order valence-corrected chi connectivity index (χ4v) is 2.71. The summed E-state index contributed by atoms with van der Waals surface area (Å²) in [4.78, 5) is 3.99. The smallest absolute Gasteiger partial charge is 0.309 e. The lowest BCUT2D eigenvalue weighted by molar-refractivity contribution is -0.189. The van der Waals surface area contributed by atoms with E-state index in [1.165, 1.54) is 0 Å². The fraction of sp³-hybridized carbons (Fsp3) is 0.643. The van der Waals surface area contributed by atoms with E-state index < -0.39 is 18.1 Å². The lowest BCUT2D eigenvalue weighted by atomic mass is 9.84. The average Bonchev–Trinajstić information content (AvgIpc) is 2.37. The van der Waals surface area contributed by atoms with Crippen LogP contribution in [0.15, 0.2) is 18.5 Å². The Labute approximate surface area is 111 Å². The molecule has 2 atom stereocenters. The van der Waals surface area contributed by atoms with E-state index in [-0.39, 0.29) is 6.42 Å². The predicted octanol–water partition coefficient (Wildman–Crippen LogP) is 3.60. The Hall–Kier alpha value is -1.10. The van der Waals surface area contributed by atoms with Crippen molar-refractivity contribution < 1.29 is 13.2 Å². The van der Waals surface area contributed by atoms with Crippen molar-refractivity contribution in [3.05, 3.63) is 29.6 Å². The molecule has 1 heterocycles. The Morgan fingerprint density at radius 2 is 2.05 bits per heavy atom. The molecule has 1 aromatic rings. The molecule has 0 amide bonds. The molecule has 1 N–H and O–H groups in total. The molecule has 2 nitrogen and oxygen atoms in total. The van der Waals surface area contributed by atoms with Gasteiger partial charge in [0.25, 0.3) is 0 Å². The molecule has 1 saturated carbocycles. The molecule has 2 rings (SSSR count). The number of alkyl halides is 3. The summed E-state index contributed by atoms with van der Waals surface area (Å²) < 4.78 is 38.8. The Kier molecular flexibility index (Phi) is 4.45. The molecule has 2 unspecified atom stereocenters. The Morgan fingerprint density at radius 1 is 1.32 bits per heavy atom. The molecule has 0 aromatic carbocycles. The van der Waals surface area contributed by atoms with Gasteiger partial charge in [-0.15, -0.1) is 0 Å². The number of halogens is 3. The van der Waals surface area contributed by atoms with Crippen molar-refractivity contribution in [3.63, 3.8) is 0 Å². The molecule has 5 heteroatoms. The molecule has 0 bridgehead atoms. The fourth-order valence-electron chi connectivity index (χ4n) is 2.71. The standard InChI is InChI=1S/C14H19F3N2/c1-10-8-18-7-6-11(10)9-19-13-5-3-2-4-12(13)14(15,16)17/h6-8,12-13,19H,2-5,9H2,1H3. The summed E-state index contributed by atoms with van der Waals surface area (Å²) in [6.07, 6.45) is 1.72. The molecular weight excluding hydrogens is 253 g/mol. The van der Waals surface area contributed by atoms with E-state index in [4.69, 9.17) is 0 Å². The average molecular weight is 272 g/mol. The number of nitrogens with one attached hydrogen (secondary N) is 1. The quantitative estimate of drug-likeness (QED) is 0.909. The minimum atomic E-state index is -4.09. The highest BCUT2D eigenvalue weighted by Gasteiger charge is 2.45. The number of hydrogen-bond acceptors (Lipinski definition) is 2. The van der Waals surface area contributed by atoms with Crippen LogP contribution in [0.1, 0.15) is 36.8 Å². The number of pyridine rings is 1. The minimum Gasteiger partial charge on any atom is -0.309 e. The third kappa shape index (κ3) is 3.69. The number of rotatable bonds is 3. The molecule has 0 saturated heterocycles. The molecule has 0 aliphatic heterocycles. The van der Waals surface area contributed by atoms with E-state index in [1.807, 2.05) is 13.0 Å². The van der Waals surface area contributed by atoms with E-state index in [2.05, 4.69) is 10.3 Å². The zero-order chi connectivity index (χ0) is 13.9. The SMILES string of the molecule is Cc1cnccc1CNC1CCCCC1C(F)(F)F. The van der Waals surface area contributed by atoms with Crippen LogP contribution in [-0.4, -0.2) is 17.2 Å². The van der Waals surface area contributed by atoms with E-state index >= 15 is 0 Å². The van der Waals surface area contributed by atoms with Gasteiger partial charge in [-0.05, 0) is 37.0 Å². The van der Waals surface area contributed by atoms with Gasteiger partial charge in [-0.2, -0.15) is 13.2 Å². The topological polar surface area (TPSA) is 24.9 Å². The number of hydrogen-bond donors (Lipinski definition) is 1. The van der Waals surface area contributed by atoms with E-state index in [0.29, 0.717) is 19.4 Å². The Bertz CT molecular complexity index is 417. The normalized spacial score (nSPS) is 24.4. The minimum absolute atomic E-state index is 0.247. The molecule has 1 aromatic heterocycles. The summed E-state index contributed by atoms with van der Waals surface area (Å²) in [5, 5.41) is 3.09. The van der Waals surface area contributed by atoms with Gasteiger partial charge in [0, 0.05) is 25.0 Å². The third-order valence-electron chi connectivity index (χ3n) is 3.88. The maximum Gasteiger partial charge on any atom is 0.393 e. The van der Waals surface area contributed by atoms with Crippen LogP contribution in [0.3, 0.4) is 0 Å². The first-order valence-corrected chi connectivity index (χ1v) is 6.68. The first kappa shape index (κ1) is 14.3. The molecule has 0 spiro atoms. The largest absolute Gasteiger partial charge is 0.393 e. The van der Waals surface area contributed by atoms with Crippen LogP contribution >= 0.6 is 0 Å². The molecule has 19 heavy (non-hydrogen) atoms. The zero-order valence-corrected chi connectivity index (χ0v) is 11.0. The second-order valence-electron chi connectivity index (χ2n) is 5.22. The van der Waals surface area contributed by atoms with E-state index in [9.17, 15) is 13.2 Å². The number of aryl methyl sites for hydroxylation is 1. The van der Waals surface area contributed by atoms with Crippen LogP contribution < -0.4 is 5.32 Å². The van der Waals surface area contributed by atoms with E-state index in [0.717, 1.165) is 17.5 Å². The second-order valence-corrected chi connectivity index (χ2v) is 5.22. The lowest BCUT2D eigenvalue weighted by Crippen LogP contribution is -2.45. The first-order chi connectivity index (χ1) is 8.98. The van der Waals surface area contributed by atoms with Crippen molar-refractivity contribution >= 4 is 0 Å². The summed E-state index contributed by atoms with van der Waals surface area (Å²) in [6, 6.07) is 1.40. The van der Waals surface area contributed by atoms with Crippen LogP contribution in [0.2, 0.25) is 0 Å². The van der Waals surface area contributed by atoms with Crippen molar-refractivity contribution in [1.82, 2.24) is 10.3 Å². The Morgan fingerprint density at radius 3 is 2.74 bits per heavy atom. The molecule has 1 fully saturated rings. The van der Waals surface area contributed by atoms with Crippen molar-refractivity contribution in [1.29, 1.82) is 0 Å². The second kappa shape index (κ2) is 5.90. The van der Waals surface area contributed by atoms with Crippen LogP contribution in [0.4, 0.5) is 13.2 Å². The highest BCUT2D eigenvalue weighted by Crippen LogP contribution is 2.37. The van der Waals surface area contributed by atoms with Crippen LogP contribution in [0.25, 0.3) is 0 Å². The van der Waals surface area contributed by atoms with Crippen LogP contribution in [-0.2, 0) is 6.54 Å². The van der Waals surface area contributed by atoms with Crippen molar-refractivity contribution in [2.24, 2.45) is 5.92 Å². The van der Waals surface area contributed by atoms with Gasteiger partial charge in [-0.3, -0.25) is 4.98 Å². The van der Waals surface area contributed by atoms with Gasteiger partial charge in [-0.1, -0.05) is 12.8 Å². The van der Waals surface area contributed by atoms with Crippen LogP contribution in [0, 0.1) is 12.8 Å². The predicted molar refractivity (Wildman–Crippen MR) is 67.6 cm³/mol. The van der Waals surface area contributed by atoms with Gasteiger partial charge >= 0.3 is 6.18 Å². The van der Waals surface area contributed by atoms with E-state index in [1.54, 1.807) is 12.4 Å². The maximum absolute atomic E-state index is 12.9. The summed E-state index contributed by atoms with van der Waals surface area (Å²) in [7, 11) is 0. The molecule has 1 aliphatic carbocycles. The molecular formula is C14H19F3N2. The van der Waals surface area contributed by atoms with Gasteiger partial charge in [0.2, 0.25) is 0 Å². The van der Waals surface area contributed by atoms with Crippen molar-refractivity contribution in [3.8, 4) is 0 Å². The maximum atomic E-state index is 12.9. The number of nitrogens with zero attached hydrogens (tertiary/aromatic N) is 1. The molecule has 0 radical (unpaired) electrons. The van der Waals surface area contributed by atoms with Crippen molar-refractivity contribution in [2.75, 3.05) is 0 Å². The van der Waals surface area contributed by atoms with Crippen molar-refractivity contribution in [2.45, 2.75) is 51.4 Å². The number of aromatic nitrogens is 1. The summed E-state index contributed by atoms with van der Waals surface area (Å²) in [6.45, 7) is 2.40. The molecule has 1 aliphatic rings. The Balaban J connectivity index is 1.99. The van der Waals surface area contributed by atoms with Gasteiger partial charge in [0.05, 0.1) is 5.92 Å². The molecule has 106 valence electrons. The lowest BCUT2D eigenvalue weighted by Gasteiger charge is -2.33. The summed E-state index contributed by atoms with van der Waals surface area (Å²) in [5.41, 5.74) is 2.02.